The smallest absolute Gasteiger partial charge is 0.240 e. The summed E-state index contributed by atoms with van der Waals surface area (Å²) in [7, 11) is 0. The number of carbonyl (C=O) groups excluding carboxylic acids is 1. The van der Waals surface area contributed by atoms with E-state index in [1.54, 1.807) is 4.90 Å². The maximum absolute atomic E-state index is 12.0. The molecule has 1 N–H and O–H groups in total. The predicted molar refractivity (Wildman–Crippen MR) is 65.1 cm³/mol. The van der Waals surface area contributed by atoms with Crippen molar-refractivity contribution in [3.05, 3.63) is 0 Å². The Morgan fingerprint density at radius 1 is 1.71 bits per heavy atom. The summed E-state index contributed by atoms with van der Waals surface area (Å²) in [5.41, 5.74) is -0.322. The Kier molecular flexibility index (Phi) is 3.95. The van der Waals surface area contributed by atoms with Gasteiger partial charge in [0.2, 0.25) is 5.91 Å². The van der Waals surface area contributed by atoms with Gasteiger partial charge in [0.05, 0.1) is 11.7 Å². The van der Waals surface area contributed by atoms with Gasteiger partial charge in [-0.2, -0.15) is 0 Å². The minimum Gasteiger partial charge on any atom is -0.393 e. The van der Waals surface area contributed by atoms with Crippen molar-refractivity contribution in [2.75, 3.05) is 19.7 Å². The van der Waals surface area contributed by atoms with Crippen LogP contribution in [-0.4, -0.2) is 52.7 Å². The molecule has 0 unspecified atom stereocenters. The number of ether oxygens (including phenoxy) is 1. The van der Waals surface area contributed by atoms with Crippen LogP contribution in [-0.2, 0) is 9.53 Å². The molecular weight excluding hydrogens is 242 g/mol. The first-order valence-electron chi connectivity index (χ1n) is 6.31. The number of nitrogens with zero attached hydrogens (tertiary/aromatic N) is 1. The second-order valence-electron chi connectivity index (χ2n) is 5.06. The third-order valence-electron chi connectivity index (χ3n) is 3.72. The molecule has 0 aromatic heterocycles. The minimum absolute atomic E-state index is 0.00490. The topological polar surface area (TPSA) is 49.8 Å². The van der Waals surface area contributed by atoms with Gasteiger partial charge in [0, 0.05) is 26.1 Å². The Labute approximate surface area is 107 Å². The number of carbonyl (C=O) groups is 1. The van der Waals surface area contributed by atoms with Crippen molar-refractivity contribution in [2.45, 2.75) is 49.7 Å². The largest absolute Gasteiger partial charge is 0.393 e. The minimum atomic E-state index is -0.432. The molecule has 0 radical (unpaired) electrons. The van der Waals surface area contributed by atoms with Crippen LogP contribution in [0.3, 0.4) is 0 Å². The summed E-state index contributed by atoms with van der Waals surface area (Å²) in [6.07, 6.45) is 2.49. The van der Waals surface area contributed by atoms with Crippen LogP contribution in [0.25, 0.3) is 0 Å². The van der Waals surface area contributed by atoms with Crippen LogP contribution in [0.15, 0.2) is 0 Å². The number of hydrogen-bond acceptors (Lipinski definition) is 3. The first kappa shape index (κ1) is 13.1. The number of alkyl halides is 1. The summed E-state index contributed by atoms with van der Waals surface area (Å²) in [6.45, 7) is 3.75. The Balaban J connectivity index is 1.96. The van der Waals surface area contributed by atoms with Gasteiger partial charge in [-0.1, -0.05) is 6.92 Å². The third-order valence-corrected chi connectivity index (χ3v) is 4.22. The van der Waals surface area contributed by atoms with Gasteiger partial charge in [-0.3, -0.25) is 4.79 Å². The van der Waals surface area contributed by atoms with Gasteiger partial charge in [-0.05, 0) is 19.3 Å². The lowest BCUT2D eigenvalue weighted by Crippen LogP contribution is -2.45. The molecule has 2 aliphatic rings. The van der Waals surface area contributed by atoms with Gasteiger partial charge in [0.1, 0.15) is 5.38 Å². The fourth-order valence-corrected chi connectivity index (χ4v) is 2.83. The van der Waals surface area contributed by atoms with Gasteiger partial charge in [-0.25, -0.2) is 0 Å². The van der Waals surface area contributed by atoms with Crippen molar-refractivity contribution in [3.8, 4) is 0 Å². The molecule has 0 aliphatic carbocycles. The number of aliphatic hydroxyl groups excluding tert-OH is 1. The molecule has 2 aliphatic heterocycles. The highest BCUT2D eigenvalue weighted by atomic mass is 35.5. The summed E-state index contributed by atoms with van der Waals surface area (Å²) in [6, 6.07) is 0. The number of likely N-dealkylation sites (tertiary alicyclic amines) is 1. The molecule has 98 valence electrons. The van der Waals surface area contributed by atoms with Crippen LogP contribution in [0.2, 0.25) is 0 Å². The molecule has 1 amide bonds. The zero-order chi connectivity index (χ0) is 12.5. The molecule has 4 nitrogen and oxygen atoms in total. The molecule has 1 spiro atoms. The van der Waals surface area contributed by atoms with E-state index in [2.05, 4.69) is 0 Å². The number of amides is 1. The molecule has 0 aromatic carbocycles. The number of halogens is 1. The van der Waals surface area contributed by atoms with Crippen molar-refractivity contribution in [1.82, 2.24) is 4.90 Å². The molecule has 17 heavy (non-hydrogen) atoms. The molecule has 0 bridgehead atoms. The Bertz CT molecular complexity index is 299. The van der Waals surface area contributed by atoms with Gasteiger partial charge in [0.25, 0.3) is 0 Å². The highest BCUT2D eigenvalue weighted by Crippen LogP contribution is 2.34. The maximum atomic E-state index is 12.0. The Morgan fingerprint density at radius 2 is 2.47 bits per heavy atom. The van der Waals surface area contributed by atoms with Crippen LogP contribution >= 0.6 is 11.6 Å². The average molecular weight is 262 g/mol. The van der Waals surface area contributed by atoms with Gasteiger partial charge >= 0.3 is 0 Å². The van der Waals surface area contributed by atoms with E-state index in [0.717, 1.165) is 6.42 Å². The fraction of sp³-hybridized carbons (Fsp3) is 0.917. The summed E-state index contributed by atoms with van der Waals surface area (Å²) >= 11 is 5.97. The van der Waals surface area contributed by atoms with Crippen molar-refractivity contribution in [2.24, 2.45) is 0 Å². The second kappa shape index (κ2) is 5.12. The Morgan fingerprint density at radius 3 is 3.12 bits per heavy atom. The van der Waals surface area contributed by atoms with Gasteiger partial charge in [-0.15, -0.1) is 11.6 Å². The van der Waals surface area contributed by atoms with Gasteiger partial charge < -0.3 is 14.7 Å². The molecule has 2 saturated heterocycles. The van der Waals surface area contributed by atoms with E-state index in [1.807, 2.05) is 6.92 Å². The van der Waals surface area contributed by atoms with E-state index >= 15 is 0 Å². The molecule has 5 heteroatoms. The van der Waals surface area contributed by atoms with Crippen LogP contribution < -0.4 is 0 Å². The van der Waals surface area contributed by atoms with Crippen LogP contribution in [0, 0.1) is 0 Å². The van der Waals surface area contributed by atoms with Gasteiger partial charge in [0.15, 0.2) is 0 Å². The molecule has 2 heterocycles. The summed E-state index contributed by atoms with van der Waals surface area (Å²) in [4.78, 5) is 13.7. The fourth-order valence-electron chi connectivity index (χ4n) is 2.69. The number of rotatable bonds is 2. The van der Waals surface area contributed by atoms with E-state index < -0.39 is 5.38 Å². The lowest BCUT2D eigenvalue weighted by Gasteiger charge is -2.36. The van der Waals surface area contributed by atoms with E-state index in [1.165, 1.54) is 0 Å². The lowest BCUT2D eigenvalue weighted by atomic mass is 9.91. The summed E-state index contributed by atoms with van der Waals surface area (Å²) < 4.78 is 5.79. The van der Waals surface area contributed by atoms with Crippen LogP contribution in [0.1, 0.15) is 32.6 Å². The standard InChI is InChI=1S/C12H20ClNO3/c1-2-10(13)11(16)14-5-4-12(8-14)7-9(15)3-6-17-12/h9-10,15H,2-8H2,1H3/t9-,10-,12+/m0/s1. The zero-order valence-corrected chi connectivity index (χ0v) is 10.9. The summed E-state index contributed by atoms with van der Waals surface area (Å²) in [5.74, 6) is -0.00490. The monoisotopic (exact) mass is 261 g/mol. The molecule has 2 fully saturated rings. The molecule has 2 rings (SSSR count). The van der Waals surface area contributed by atoms with E-state index in [4.69, 9.17) is 16.3 Å². The van der Waals surface area contributed by atoms with E-state index in [0.29, 0.717) is 39.0 Å². The number of aliphatic hydroxyl groups is 1. The third kappa shape index (κ3) is 2.75. The highest BCUT2D eigenvalue weighted by molar-refractivity contribution is 6.30. The van der Waals surface area contributed by atoms with Crippen molar-refractivity contribution >= 4 is 17.5 Å². The normalized spacial score (nSPS) is 35.2. The van der Waals surface area contributed by atoms with Crippen molar-refractivity contribution in [1.29, 1.82) is 0 Å². The molecule has 0 aromatic rings. The van der Waals surface area contributed by atoms with E-state index in [-0.39, 0.29) is 17.6 Å². The van der Waals surface area contributed by atoms with Crippen LogP contribution in [0.4, 0.5) is 0 Å². The van der Waals surface area contributed by atoms with Crippen molar-refractivity contribution in [3.63, 3.8) is 0 Å². The molecule has 0 saturated carbocycles. The Hall–Kier alpha value is -0.320. The van der Waals surface area contributed by atoms with Crippen molar-refractivity contribution < 1.29 is 14.6 Å². The first-order valence-corrected chi connectivity index (χ1v) is 6.75. The zero-order valence-electron chi connectivity index (χ0n) is 10.2. The highest BCUT2D eigenvalue weighted by Gasteiger charge is 2.44. The lowest BCUT2D eigenvalue weighted by molar-refractivity contribution is -0.135. The summed E-state index contributed by atoms with van der Waals surface area (Å²) in [5, 5.41) is 9.27. The predicted octanol–water partition coefficient (Wildman–Crippen LogP) is 1.15. The van der Waals surface area contributed by atoms with Crippen LogP contribution in [0.5, 0.6) is 0 Å². The van der Waals surface area contributed by atoms with E-state index in [9.17, 15) is 9.90 Å². The quantitative estimate of drug-likeness (QED) is 0.759. The number of hydrogen-bond donors (Lipinski definition) is 1. The average Bonchev–Trinajstić information content (AvgIpc) is 2.70. The SMILES string of the molecule is CC[C@H](Cl)C(=O)N1CC[C@@]2(C[C@@H](O)CCO2)C1. The molecule has 3 atom stereocenters. The maximum Gasteiger partial charge on any atom is 0.240 e. The molecular formula is C12H20ClNO3. The first-order chi connectivity index (χ1) is 8.06. The second-order valence-corrected chi connectivity index (χ2v) is 5.59.